The average molecular weight is 434 g/mol. The number of carbonyl (C=O) groups excluding carboxylic acids is 2. The van der Waals surface area contributed by atoms with Crippen LogP contribution in [0.4, 0.5) is 0 Å². The normalized spacial score (nSPS) is 20.8. The molecule has 2 atom stereocenters. The quantitative estimate of drug-likeness (QED) is 0.417. The Morgan fingerprint density at radius 1 is 1.37 bits per heavy atom. The molecule has 0 spiro atoms. The van der Waals surface area contributed by atoms with E-state index in [1.165, 1.54) is 16.7 Å². The Balaban J connectivity index is 2.16. The molecule has 1 aromatic carbocycles. The molecule has 148 valence electrons. The van der Waals surface area contributed by atoms with Crippen molar-refractivity contribution >= 4 is 52.8 Å². The van der Waals surface area contributed by atoms with Crippen LogP contribution in [0.2, 0.25) is 10.0 Å². The zero-order valence-corrected chi connectivity index (χ0v) is 17.4. The molecule has 1 saturated heterocycles. The maximum absolute atomic E-state index is 12.9. The Hall–Kier alpha value is -1.44. The van der Waals surface area contributed by atoms with Crippen LogP contribution in [0.3, 0.4) is 0 Å². The van der Waals surface area contributed by atoms with Gasteiger partial charge in [-0.25, -0.2) is 0 Å². The van der Waals surface area contributed by atoms with E-state index in [1.807, 2.05) is 0 Å². The third-order valence-electron chi connectivity index (χ3n) is 4.42. The molecule has 9 heteroatoms. The summed E-state index contributed by atoms with van der Waals surface area (Å²) in [4.78, 5) is 39.1. The van der Waals surface area contributed by atoms with E-state index >= 15 is 0 Å². The Morgan fingerprint density at radius 2 is 2.07 bits per heavy atom. The molecule has 1 fully saturated rings. The van der Waals surface area contributed by atoms with E-state index in [-0.39, 0.29) is 25.5 Å². The lowest BCUT2D eigenvalue weighted by molar-refractivity contribution is -0.173. The lowest BCUT2D eigenvalue weighted by Crippen LogP contribution is -2.55. The minimum atomic E-state index is -1.72. The van der Waals surface area contributed by atoms with Crippen molar-refractivity contribution in [2.24, 2.45) is 5.41 Å². The van der Waals surface area contributed by atoms with Gasteiger partial charge in [-0.1, -0.05) is 23.2 Å². The monoisotopic (exact) mass is 433 g/mol. The van der Waals surface area contributed by atoms with Crippen LogP contribution < -0.4 is 0 Å². The van der Waals surface area contributed by atoms with Gasteiger partial charge >= 0.3 is 11.9 Å². The van der Waals surface area contributed by atoms with Crippen molar-refractivity contribution in [2.45, 2.75) is 36.8 Å². The van der Waals surface area contributed by atoms with Crippen LogP contribution in [-0.2, 0) is 19.1 Å². The largest absolute Gasteiger partial charge is 0.480 e. The molecule has 2 rings (SSSR count). The van der Waals surface area contributed by atoms with E-state index in [0.717, 1.165) is 0 Å². The van der Waals surface area contributed by atoms with E-state index in [2.05, 4.69) is 0 Å². The summed E-state index contributed by atoms with van der Waals surface area (Å²) in [5, 5.41) is 10.1. The van der Waals surface area contributed by atoms with Gasteiger partial charge in [0.2, 0.25) is 5.91 Å². The Bertz CT molecular complexity index is 744. The number of halogens is 2. The van der Waals surface area contributed by atoms with Gasteiger partial charge in [-0.3, -0.25) is 14.4 Å². The lowest BCUT2D eigenvalue weighted by Gasteiger charge is -2.38. The van der Waals surface area contributed by atoms with Gasteiger partial charge in [0, 0.05) is 23.0 Å². The molecule has 6 nitrogen and oxygen atoms in total. The summed E-state index contributed by atoms with van der Waals surface area (Å²) >= 11 is 13.4. The second-order valence-electron chi connectivity index (χ2n) is 6.31. The number of carboxylic acid groups (broad SMARTS) is 1. The molecule has 0 saturated carbocycles. The minimum Gasteiger partial charge on any atom is -0.480 e. The van der Waals surface area contributed by atoms with E-state index in [4.69, 9.17) is 27.9 Å². The summed E-state index contributed by atoms with van der Waals surface area (Å²) in [5.74, 6) is -2.32. The number of ether oxygens (including phenoxy) is 1. The summed E-state index contributed by atoms with van der Waals surface area (Å²) in [7, 11) is 0. The van der Waals surface area contributed by atoms with Crippen LogP contribution in [0, 0.1) is 5.41 Å². The molecule has 0 radical (unpaired) electrons. The fourth-order valence-electron chi connectivity index (χ4n) is 3.01. The van der Waals surface area contributed by atoms with Gasteiger partial charge in [-0.15, -0.1) is 11.8 Å². The number of esters is 1. The van der Waals surface area contributed by atoms with Gasteiger partial charge in [0.15, 0.2) is 5.41 Å². The van der Waals surface area contributed by atoms with E-state index < -0.39 is 22.6 Å². The lowest BCUT2D eigenvalue weighted by atomic mass is 9.79. The number of benzene rings is 1. The van der Waals surface area contributed by atoms with Gasteiger partial charge in [-0.2, -0.15) is 0 Å². The number of rotatable bonds is 6. The third kappa shape index (κ3) is 4.89. The molecule has 1 N–H and O–H groups in total. The van der Waals surface area contributed by atoms with Crippen molar-refractivity contribution in [1.29, 1.82) is 0 Å². The topological polar surface area (TPSA) is 83.9 Å². The molecule has 0 bridgehead atoms. The van der Waals surface area contributed by atoms with Crippen LogP contribution >= 0.6 is 35.0 Å². The summed E-state index contributed by atoms with van der Waals surface area (Å²) in [6, 6.07) is 4.99. The van der Waals surface area contributed by atoms with Crippen LogP contribution in [0.1, 0.15) is 26.7 Å². The highest BCUT2D eigenvalue weighted by atomic mass is 35.5. The second kappa shape index (κ2) is 9.17. The summed E-state index contributed by atoms with van der Waals surface area (Å²) in [5.41, 5.74) is -1.72. The predicted octanol–water partition coefficient (Wildman–Crippen LogP) is 3.73. The Kier molecular flexibility index (Phi) is 7.42. The maximum Gasteiger partial charge on any atom is 0.325 e. The van der Waals surface area contributed by atoms with Crippen molar-refractivity contribution in [3.63, 3.8) is 0 Å². The van der Waals surface area contributed by atoms with Gasteiger partial charge < -0.3 is 14.7 Å². The molecule has 2 unspecified atom stereocenters. The van der Waals surface area contributed by atoms with Crippen molar-refractivity contribution in [1.82, 2.24) is 4.90 Å². The van der Waals surface area contributed by atoms with Gasteiger partial charge in [0.25, 0.3) is 0 Å². The molecule has 1 amide bonds. The number of nitrogens with zero attached hydrogens (tertiary/aromatic N) is 1. The molecule has 0 aromatic heterocycles. The van der Waals surface area contributed by atoms with Crippen molar-refractivity contribution in [2.75, 3.05) is 19.7 Å². The number of hydrogen-bond donors (Lipinski definition) is 1. The highest BCUT2D eigenvalue weighted by molar-refractivity contribution is 8.00. The van der Waals surface area contributed by atoms with E-state index in [1.54, 1.807) is 32.0 Å². The number of amides is 1. The number of carboxylic acids is 1. The molecule has 27 heavy (non-hydrogen) atoms. The maximum atomic E-state index is 12.9. The molecule has 1 aromatic rings. The van der Waals surface area contributed by atoms with Crippen molar-refractivity contribution in [3.8, 4) is 0 Å². The highest BCUT2D eigenvalue weighted by Gasteiger charge is 2.51. The minimum absolute atomic E-state index is 0.0847. The molecule has 0 aliphatic carbocycles. The van der Waals surface area contributed by atoms with Gasteiger partial charge in [0.05, 0.1) is 16.9 Å². The second-order valence-corrected chi connectivity index (χ2v) is 8.53. The number of thioether (sulfide) groups is 1. The predicted molar refractivity (Wildman–Crippen MR) is 104 cm³/mol. The highest BCUT2D eigenvalue weighted by Crippen LogP contribution is 2.36. The van der Waals surface area contributed by atoms with Crippen LogP contribution in [-0.4, -0.2) is 52.8 Å². The molecular weight excluding hydrogens is 413 g/mol. The van der Waals surface area contributed by atoms with E-state index in [9.17, 15) is 19.5 Å². The van der Waals surface area contributed by atoms with E-state index in [0.29, 0.717) is 27.9 Å². The molecule has 1 aliphatic heterocycles. The average Bonchev–Trinajstić information content (AvgIpc) is 2.64. The number of piperidine rings is 1. The fourth-order valence-corrected chi connectivity index (χ4v) is 4.50. The third-order valence-corrected chi connectivity index (χ3v) is 6.25. The van der Waals surface area contributed by atoms with Crippen molar-refractivity contribution in [3.05, 3.63) is 28.2 Å². The SMILES string of the molecule is CCOC(=O)C1(C(=O)O)CCCN(C(=O)C(C)Sc2cc(Cl)ccc2Cl)C1. The van der Waals surface area contributed by atoms with Gasteiger partial charge in [-0.05, 0) is 44.9 Å². The summed E-state index contributed by atoms with van der Waals surface area (Å²) in [6.07, 6.45) is 0.554. The number of carbonyl (C=O) groups is 3. The molecule has 1 aliphatic rings. The summed E-state index contributed by atoms with van der Waals surface area (Å²) < 4.78 is 4.96. The fraction of sp³-hybridized carbons (Fsp3) is 0.500. The number of hydrogen-bond acceptors (Lipinski definition) is 5. The van der Waals surface area contributed by atoms with Crippen LogP contribution in [0.15, 0.2) is 23.1 Å². The first-order valence-electron chi connectivity index (χ1n) is 8.52. The standard InChI is InChI=1S/C18H21Cl2NO5S/c1-3-26-17(25)18(16(23)24)7-4-8-21(10-18)15(22)11(2)27-14-9-12(19)5-6-13(14)20/h5-6,9,11H,3-4,7-8,10H2,1-2H3,(H,23,24). The van der Waals surface area contributed by atoms with Crippen LogP contribution in [0.25, 0.3) is 0 Å². The summed E-state index contributed by atoms with van der Waals surface area (Å²) in [6.45, 7) is 3.61. The first-order valence-corrected chi connectivity index (χ1v) is 10.2. The van der Waals surface area contributed by atoms with Gasteiger partial charge in [0.1, 0.15) is 0 Å². The number of likely N-dealkylation sites (tertiary alicyclic amines) is 1. The van der Waals surface area contributed by atoms with Crippen molar-refractivity contribution < 1.29 is 24.2 Å². The smallest absolute Gasteiger partial charge is 0.325 e. The molecule has 1 heterocycles. The first-order chi connectivity index (χ1) is 12.7. The van der Waals surface area contributed by atoms with Crippen LogP contribution in [0.5, 0.6) is 0 Å². The zero-order chi connectivity index (χ0) is 20.2. The Morgan fingerprint density at radius 3 is 2.70 bits per heavy atom. The Labute approximate surface area is 172 Å². The zero-order valence-electron chi connectivity index (χ0n) is 15.0. The first kappa shape index (κ1) is 21.9. The molecular formula is C18H21Cl2NO5S. The number of aliphatic carboxylic acids is 1.